The van der Waals surface area contributed by atoms with Crippen LogP contribution in [0.25, 0.3) is 0 Å². The molecule has 0 bridgehead atoms. The highest BCUT2D eigenvalue weighted by Crippen LogP contribution is 2.29. The largest absolute Gasteiger partial charge is 0.495 e. The van der Waals surface area contributed by atoms with Gasteiger partial charge in [0.05, 0.1) is 12.1 Å². The number of benzene rings is 1. The van der Waals surface area contributed by atoms with Gasteiger partial charge in [-0.25, -0.2) is 4.79 Å². The van der Waals surface area contributed by atoms with E-state index in [9.17, 15) is 4.79 Å². The number of halogens is 1. The minimum absolute atomic E-state index is 0.0399. The number of hydrogen-bond acceptors (Lipinski definition) is 3. The van der Waals surface area contributed by atoms with E-state index in [0.717, 1.165) is 44.8 Å². The van der Waals surface area contributed by atoms with Gasteiger partial charge in [-0.15, -0.1) is 0 Å². The van der Waals surface area contributed by atoms with E-state index >= 15 is 0 Å². The van der Waals surface area contributed by atoms with Crippen molar-refractivity contribution in [3.8, 4) is 5.75 Å². The molecule has 0 unspecified atom stereocenters. The number of hydrogen-bond donors (Lipinski definition) is 1. The molecule has 5 nitrogen and oxygen atoms in total. The summed E-state index contributed by atoms with van der Waals surface area (Å²) >= 11 is 6.18. The van der Waals surface area contributed by atoms with Crippen molar-refractivity contribution < 1.29 is 9.53 Å². The van der Waals surface area contributed by atoms with Gasteiger partial charge in [0.2, 0.25) is 0 Å². The zero-order chi connectivity index (χ0) is 16.8. The van der Waals surface area contributed by atoms with Crippen LogP contribution < -0.4 is 15.0 Å². The highest BCUT2D eigenvalue weighted by molar-refractivity contribution is 6.32. The number of ether oxygens (including phenoxy) is 1. The Bertz CT molecular complexity index is 529. The minimum Gasteiger partial charge on any atom is -0.495 e. The Balaban J connectivity index is 1.83. The number of methoxy groups -OCH3 is 1. The number of amides is 2. The van der Waals surface area contributed by atoms with E-state index in [4.69, 9.17) is 16.3 Å². The van der Waals surface area contributed by atoms with E-state index in [1.807, 2.05) is 23.1 Å². The average molecular weight is 340 g/mol. The van der Waals surface area contributed by atoms with E-state index in [1.54, 1.807) is 7.11 Å². The lowest BCUT2D eigenvalue weighted by Gasteiger charge is -2.36. The molecule has 128 valence electrons. The van der Waals surface area contributed by atoms with Crippen LogP contribution in [0.15, 0.2) is 18.2 Å². The van der Waals surface area contributed by atoms with Crippen LogP contribution in [-0.4, -0.2) is 50.8 Å². The van der Waals surface area contributed by atoms with Crippen molar-refractivity contribution in [3.05, 3.63) is 23.2 Å². The van der Waals surface area contributed by atoms with Gasteiger partial charge in [0, 0.05) is 38.4 Å². The van der Waals surface area contributed by atoms with Crippen LogP contribution in [0.4, 0.5) is 10.5 Å². The Morgan fingerprint density at radius 1 is 1.30 bits per heavy atom. The summed E-state index contributed by atoms with van der Waals surface area (Å²) in [5.74, 6) is 1.28. The topological polar surface area (TPSA) is 44.8 Å². The van der Waals surface area contributed by atoms with Crippen molar-refractivity contribution in [1.29, 1.82) is 0 Å². The first-order valence-corrected chi connectivity index (χ1v) is 8.50. The molecule has 2 rings (SSSR count). The molecule has 6 heteroatoms. The second-order valence-electron chi connectivity index (χ2n) is 6.21. The Labute approximate surface area is 143 Å². The summed E-state index contributed by atoms with van der Waals surface area (Å²) in [5, 5.41) is 3.60. The lowest BCUT2D eigenvalue weighted by atomic mass is 10.1. The number of carbonyl (C=O) groups excluding carboxylic acids is 1. The predicted octanol–water partition coefficient (Wildman–Crippen LogP) is 3.23. The molecule has 1 aromatic carbocycles. The van der Waals surface area contributed by atoms with E-state index in [2.05, 4.69) is 24.1 Å². The number of urea groups is 1. The maximum Gasteiger partial charge on any atom is 0.317 e. The first-order chi connectivity index (χ1) is 11.0. The standard InChI is InChI=1S/C17H26ClN3O2/c1-13(2)6-7-19-17(22)21-10-8-20(9-11-21)14-4-5-16(23-3)15(18)12-14/h4-5,12-13H,6-11H2,1-3H3,(H,19,22). The van der Waals surface area contributed by atoms with Gasteiger partial charge in [0.25, 0.3) is 0 Å². The molecule has 0 aliphatic carbocycles. The summed E-state index contributed by atoms with van der Waals surface area (Å²) in [6, 6.07) is 5.84. The molecule has 1 aliphatic rings. The molecule has 0 aromatic heterocycles. The molecule has 1 fully saturated rings. The normalized spacial score (nSPS) is 15.0. The van der Waals surface area contributed by atoms with Crippen LogP contribution in [0, 0.1) is 5.92 Å². The molecular weight excluding hydrogens is 314 g/mol. The summed E-state index contributed by atoms with van der Waals surface area (Å²) in [5.41, 5.74) is 1.07. The minimum atomic E-state index is 0.0399. The molecule has 1 N–H and O–H groups in total. The summed E-state index contributed by atoms with van der Waals surface area (Å²) in [4.78, 5) is 16.2. The Morgan fingerprint density at radius 3 is 2.57 bits per heavy atom. The number of anilines is 1. The maximum atomic E-state index is 12.1. The van der Waals surface area contributed by atoms with Gasteiger partial charge in [0.1, 0.15) is 5.75 Å². The fourth-order valence-corrected chi connectivity index (χ4v) is 2.85. The molecule has 1 heterocycles. The zero-order valence-electron chi connectivity index (χ0n) is 14.1. The molecule has 1 aromatic rings. The van der Waals surface area contributed by atoms with Gasteiger partial charge in [-0.1, -0.05) is 25.4 Å². The number of nitrogens with one attached hydrogen (secondary N) is 1. The predicted molar refractivity (Wildman–Crippen MR) is 94.6 cm³/mol. The van der Waals surface area contributed by atoms with E-state index in [-0.39, 0.29) is 6.03 Å². The third-order valence-electron chi connectivity index (χ3n) is 4.07. The van der Waals surface area contributed by atoms with Gasteiger partial charge < -0.3 is 19.9 Å². The fourth-order valence-electron chi connectivity index (χ4n) is 2.60. The fraction of sp³-hybridized carbons (Fsp3) is 0.588. The number of carbonyl (C=O) groups is 1. The van der Waals surface area contributed by atoms with Crippen LogP contribution in [0.5, 0.6) is 5.75 Å². The van der Waals surface area contributed by atoms with Crippen molar-refractivity contribution in [1.82, 2.24) is 10.2 Å². The second kappa shape index (κ2) is 8.29. The zero-order valence-corrected chi connectivity index (χ0v) is 14.9. The maximum absolute atomic E-state index is 12.1. The van der Waals surface area contributed by atoms with Gasteiger partial charge in [-0.3, -0.25) is 0 Å². The Hall–Kier alpha value is -1.62. The molecular formula is C17H26ClN3O2. The first kappa shape index (κ1) is 17.7. The van der Waals surface area contributed by atoms with Crippen LogP contribution in [0.3, 0.4) is 0 Å². The highest BCUT2D eigenvalue weighted by Gasteiger charge is 2.21. The molecule has 1 saturated heterocycles. The number of piperazine rings is 1. The van der Waals surface area contributed by atoms with Crippen LogP contribution in [-0.2, 0) is 0 Å². The van der Waals surface area contributed by atoms with Crippen LogP contribution >= 0.6 is 11.6 Å². The van der Waals surface area contributed by atoms with Crippen molar-refractivity contribution in [3.63, 3.8) is 0 Å². The Kier molecular flexibility index (Phi) is 6.39. The summed E-state index contributed by atoms with van der Waals surface area (Å²) < 4.78 is 5.18. The average Bonchev–Trinajstić information content (AvgIpc) is 2.54. The summed E-state index contributed by atoms with van der Waals surface area (Å²) in [7, 11) is 1.61. The molecule has 0 saturated carbocycles. The lowest BCUT2D eigenvalue weighted by Crippen LogP contribution is -2.52. The molecule has 0 atom stereocenters. The molecule has 2 amide bonds. The molecule has 23 heavy (non-hydrogen) atoms. The smallest absolute Gasteiger partial charge is 0.317 e. The van der Waals surface area contributed by atoms with E-state index in [1.165, 1.54) is 0 Å². The third kappa shape index (κ3) is 4.93. The van der Waals surface area contributed by atoms with Gasteiger partial charge in [-0.2, -0.15) is 0 Å². The van der Waals surface area contributed by atoms with Crippen molar-refractivity contribution in [2.45, 2.75) is 20.3 Å². The molecule has 0 radical (unpaired) electrons. The summed E-state index contributed by atoms with van der Waals surface area (Å²) in [6.45, 7) is 8.11. The highest BCUT2D eigenvalue weighted by atomic mass is 35.5. The third-order valence-corrected chi connectivity index (χ3v) is 4.36. The number of rotatable bonds is 5. The van der Waals surface area contributed by atoms with Crippen molar-refractivity contribution in [2.24, 2.45) is 5.92 Å². The molecule has 0 spiro atoms. The second-order valence-corrected chi connectivity index (χ2v) is 6.61. The monoisotopic (exact) mass is 339 g/mol. The quantitative estimate of drug-likeness (QED) is 0.895. The lowest BCUT2D eigenvalue weighted by molar-refractivity contribution is 0.194. The van der Waals surface area contributed by atoms with E-state index < -0.39 is 0 Å². The molecule has 1 aliphatic heterocycles. The number of nitrogens with zero attached hydrogens (tertiary/aromatic N) is 2. The van der Waals surface area contributed by atoms with Gasteiger partial charge >= 0.3 is 6.03 Å². The van der Waals surface area contributed by atoms with Gasteiger partial charge in [-0.05, 0) is 30.5 Å². The summed E-state index contributed by atoms with van der Waals surface area (Å²) in [6.07, 6.45) is 1.01. The Morgan fingerprint density at radius 2 is 2.00 bits per heavy atom. The van der Waals surface area contributed by atoms with Crippen LogP contribution in [0.2, 0.25) is 5.02 Å². The van der Waals surface area contributed by atoms with E-state index in [0.29, 0.717) is 16.7 Å². The first-order valence-electron chi connectivity index (χ1n) is 8.12. The van der Waals surface area contributed by atoms with Crippen molar-refractivity contribution in [2.75, 3.05) is 44.7 Å². The van der Waals surface area contributed by atoms with Crippen LogP contribution in [0.1, 0.15) is 20.3 Å². The van der Waals surface area contributed by atoms with Crippen molar-refractivity contribution >= 4 is 23.3 Å². The SMILES string of the molecule is COc1ccc(N2CCN(C(=O)NCCC(C)C)CC2)cc1Cl. The van der Waals surface area contributed by atoms with Gasteiger partial charge in [0.15, 0.2) is 0 Å².